The zero-order valence-electron chi connectivity index (χ0n) is 26.9. The lowest BCUT2D eigenvalue weighted by Crippen LogP contribution is -2.14. The van der Waals surface area contributed by atoms with Gasteiger partial charge in [-0.15, -0.1) is 0 Å². The van der Waals surface area contributed by atoms with Crippen LogP contribution in [-0.2, 0) is 17.9 Å². The summed E-state index contributed by atoms with van der Waals surface area (Å²) in [5.74, 6) is 2.88. The minimum Gasteiger partial charge on any atom is -0.496 e. The number of nitrogens with zero attached hydrogens (tertiary/aromatic N) is 2. The third-order valence-corrected chi connectivity index (χ3v) is 7.38. The molecule has 0 aliphatic heterocycles. The summed E-state index contributed by atoms with van der Waals surface area (Å²) in [5, 5.41) is 10.7. The molecule has 0 aliphatic rings. The van der Waals surface area contributed by atoms with Crippen LogP contribution in [0.2, 0.25) is 5.02 Å². The van der Waals surface area contributed by atoms with E-state index in [1.807, 2.05) is 44.4 Å². The van der Waals surface area contributed by atoms with Crippen LogP contribution >= 0.6 is 11.6 Å². The molecule has 5 rings (SSSR count). The molecular weight excluding hydrogens is 621 g/mol. The summed E-state index contributed by atoms with van der Waals surface area (Å²) in [6, 6.07) is 19.3. The molecule has 2 aromatic heterocycles. The Balaban J connectivity index is 0.00000160. The smallest absolute Gasteiger partial charge is 0.141 e. The van der Waals surface area contributed by atoms with E-state index in [0.29, 0.717) is 57.8 Å². The molecule has 5 aromatic rings. The van der Waals surface area contributed by atoms with Gasteiger partial charge < -0.3 is 34.6 Å². The number of hydrogen-bond donors (Lipinski definition) is 3. The van der Waals surface area contributed by atoms with Crippen molar-refractivity contribution in [2.24, 2.45) is 0 Å². The average Bonchev–Trinajstić information content (AvgIpc) is 3.54. The molecule has 3 N–H and O–H groups in total. The van der Waals surface area contributed by atoms with Crippen molar-refractivity contribution in [3.8, 4) is 22.8 Å². The van der Waals surface area contributed by atoms with Gasteiger partial charge in [-0.3, -0.25) is 0 Å². The quantitative estimate of drug-likeness (QED) is 0.0714. The van der Waals surface area contributed by atoms with Crippen LogP contribution in [0.15, 0.2) is 77.5 Å². The van der Waals surface area contributed by atoms with Crippen molar-refractivity contribution < 1.29 is 23.1 Å². The molecule has 0 saturated heterocycles. The number of anilines is 2. The summed E-state index contributed by atoms with van der Waals surface area (Å²) in [7, 11) is 5.37. The fourth-order valence-corrected chi connectivity index (χ4v) is 5.06. The van der Waals surface area contributed by atoms with E-state index in [2.05, 4.69) is 25.9 Å². The van der Waals surface area contributed by atoms with E-state index < -0.39 is 0 Å². The predicted molar refractivity (Wildman–Crippen MR) is 185 cm³/mol. The summed E-state index contributed by atoms with van der Waals surface area (Å²) < 4.78 is 31.2. The van der Waals surface area contributed by atoms with Gasteiger partial charge in [0.15, 0.2) is 0 Å². The zero-order valence-corrected chi connectivity index (χ0v) is 27.7. The lowest BCUT2D eigenvalue weighted by molar-refractivity contribution is -0.107. The summed E-state index contributed by atoms with van der Waals surface area (Å²) in [4.78, 5) is 19.4. The normalized spacial score (nSPS) is 10.7. The second-order valence-corrected chi connectivity index (χ2v) is 11.2. The first-order valence-electron chi connectivity index (χ1n) is 15.5. The number of methoxy groups -OCH3 is 1. The van der Waals surface area contributed by atoms with E-state index >= 15 is 0 Å². The maximum absolute atomic E-state index is 13.5. The molecule has 0 bridgehead atoms. The number of furan rings is 1. The van der Waals surface area contributed by atoms with Gasteiger partial charge in [-0.05, 0) is 87.6 Å². The molecule has 3 aromatic carbocycles. The molecule has 248 valence electrons. The first-order valence-corrected chi connectivity index (χ1v) is 15.9. The van der Waals surface area contributed by atoms with Gasteiger partial charge in [0.2, 0.25) is 0 Å². The van der Waals surface area contributed by atoms with Crippen molar-refractivity contribution in [1.29, 1.82) is 0 Å². The molecule has 2 heterocycles. The molecule has 0 radical (unpaired) electrons. The highest BCUT2D eigenvalue weighted by molar-refractivity contribution is 6.32. The minimum absolute atomic E-state index is 0.194. The van der Waals surface area contributed by atoms with Crippen molar-refractivity contribution in [3.05, 3.63) is 95.2 Å². The Morgan fingerprint density at radius 3 is 2.55 bits per heavy atom. The Bertz CT molecular complexity index is 1730. The van der Waals surface area contributed by atoms with Crippen LogP contribution in [0.25, 0.3) is 22.2 Å². The lowest BCUT2D eigenvalue weighted by Gasteiger charge is -2.13. The standard InChI is InChI=1S/C34H34ClFN4O4.C2H7N/c1-42-33-19-30-27(18-28(33)31-13-11-26(44-31)20-37-14-5-3-2-4-6-15-41)34(39-22-38-30)40-25-10-12-32(29(35)17-25)43-21-23-8-7-9-24(36)16-23;1-3-2/h7-13,15-19,22,37H,2-6,14,20-21H2,1H3,(H,38,39,40);3H,1-2H3. The largest absolute Gasteiger partial charge is 0.496 e. The number of benzene rings is 3. The van der Waals surface area contributed by atoms with Crippen LogP contribution in [0.4, 0.5) is 15.9 Å². The van der Waals surface area contributed by atoms with E-state index in [-0.39, 0.29) is 12.4 Å². The number of hydrogen-bond acceptors (Lipinski definition) is 9. The first-order chi connectivity index (χ1) is 22.9. The molecule has 0 amide bonds. The summed E-state index contributed by atoms with van der Waals surface area (Å²) >= 11 is 6.52. The molecule has 47 heavy (non-hydrogen) atoms. The summed E-state index contributed by atoms with van der Waals surface area (Å²) in [5.41, 5.74) is 2.89. The highest BCUT2D eigenvalue weighted by atomic mass is 35.5. The molecule has 0 atom stereocenters. The van der Waals surface area contributed by atoms with Crippen LogP contribution in [-0.4, -0.2) is 44.0 Å². The van der Waals surface area contributed by atoms with Crippen molar-refractivity contribution in [2.45, 2.75) is 45.3 Å². The van der Waals surface area contributed by atoms with Gasteiger partial charge in [0.05, 0.1) is 29.8 Å². The maximum atomic E-state index is 13.5. The predicted octanol–water partition coefficient (Wildman–Crippen LogP) is 8.09. The van der Waals surface area contributed by atoms with Gasteiger partial charge in [0.25, 0.3) is 0 Å². The Morgan fingerprint density at radius 1 is 0.957 bits per heavy atom. The molecule has 0 fully saturated rings. The van der Waals surface area contributed by atoms with Gasteiger partial charge in [-0.1, -0.05) is 36.6 Å². The number of carbonyl (C=O) groups excluding carboxylic acids is 1. The van der Waals surface area contributed by atoms with E-state index in [9.17, 15) is 9.18 Å². The Morgan fingerprint density at radius 2 is 1.79 bits per heavy atom. The van der Waals surface area contributed by atoms with Crippen LogP contribution in [0, 0.1) is 5.82 Å². The van der Waals surface area contributed by atoms with Crippen molar-refractivity contribution in [3.63, 3.8) is 0 Å². The third kappa shape index (κ3) is 10.5. The van der Waals surface area contributed by atoms with Gasteiger partial charge >= 0.3 is 0 Å². The number of nitrogens with one attached hydrogen (secondary N) is 3. The van der Waals surface area contributed by atoms with Crippen molar-refractivity contribution in [1.82, 2.24) is 20.6 Å². The van der Waals surface area contributed by atoms with Gasteiger partial charge in [0.1, 0.15) is 53.9 Å². The van der Waals surface area contributed by atoms with Gasteiger partial charge in [-0.25, -0.2) is 14.4 Å². The average molecular weight is 662 g/mol. The number of unbranched alkanes of at least 4 members (excludes halogenated alkanes) is 4. The number of carbonyl (C=O) groups is 1. The number of aldehydes is 1. The molecule has 0 unspecified atom stereocenters. The number of fused-ring (bicyclic) bond motifs is 1. The molecule has 0 saturated carbocycles. The Labute approximate surface area is 279 Å². The number of ether oxygens (including phenoxy) is 2. The Kier molecular flexibility index (Phi) is 14.0. The van der Waals surface area contributed by atoms with Crippen LogP contribution in [0.1, 0.15) is 43.4 Å². The molecule has 0 aliphatic carbocycles. The lowest BCUT2D eigenvalue weighted by atomic mass is 10.1. The van der Waals surface area contributed by atoms with E-state index in [1.165, 1.54) is 18.5 Å². The Hall–Kier alpha value is -4.51. The second-order valence-electron chi connectivity index (χ2n) is 10.8. The summed E-state index contributed by atoms with van der Waals surface area (Å²) in [6.45, 7) is 1.69. The number of halogens is 2. The van der Waals surface area contributed by atoms with E-state index in [4.69, 9.17) is 25.5 Å². The van der Waals surface area contributed by atoms with Crippen molar-refractivity contribution >= 4 is 40.3 Å². The van der Waals surface area contributed by atoms with Crippen LogP contribution in [0.3, 0.4) is 0 Å². The van der Waals surface area contributed by atoms with Crippen LogP contribution < -0.4 is 25.4 Å². The number of aromatic nitrogens is 2. The topological polar surface area (TPSA) is 111 Å². The highest BCUT2D eigenvalue weighted by Crippen LogP contribution is 2.37. The number of rotatable bonds is 16. The SMILES string of the molecule is CNC.COc1cc2ncnc(Nc3ccc(OCc4cccc(F)c4)c(Cl)c3)c2cc1-c1ccc(CNCCCCCCC=O)o1. The van der Waals surface area contributed by atoms with Gasteiger partial charge in [-0.2, -0.15) is 0 Å². The highest BCUT2D eigenvalue weighted by Gasteiger charge is 2.16. The molecular formula is C36H41ClFN5O4. The van der Waals surface area contributed by atoms with Crippen LogP contribution in [0.5, 0.6) is 11.5 Å². The van der Waals surface area contributed by atoms with E-state index in [1.54, 1.807) is 31.4 Å². The fourth-order valence-electron chi connectivity index (χ4n) is 4.83. The third-order valence-electron chi connectivity index (χ3n) is 7.09. The summed E-state index contributed by atoms with van der Waals surface area (Å²) in [6.07, 6.45) is 7.27. The molecule has 11 heteroatoms. The maximum Gasteiger partial charge on any atom is 0.141 e. The minimum atomic E-state index is -0.315. The molecule has 0 spiro atoms. The zero-order chi connectivity index (χ0) is 33.4. The monoisotopic (exact) mass is 661 g/mol. The van der Waals surface area contributed by atoms with Crippen molar-refractivity contribution in [2.75, 3.05) is 33.1 Å². The second kappa shape index (κ2) is 18.6. The molecule has 9 nitrogen and oxygen atoms in total. The van der Waals surface area contributed by atoms with E-state index in [0.717, 1.165) is 55.2 Å². The van der Waals surface area contributed by atoms with Gasteiger partial charge in [0, 0.05) is 23.6 Å². The first kappa shape index (κ1) is 35.3. The fraction of sp³-hybridized carbons (Fsp3) is 0.306.